The number of anilines is 2. The van der Waals surface area contributed by atoms with E-state index >= 15 is 0 Å². The Hall–Kier alpha value is -3.34. The molecule has 0 radical (unpaired) electrons. The maximum atomic E-state index is 4.64. The van der Waals surface area contributed by atoms with E-state index in [1.807, 2.05) is 29.4 Å². The Kier molecular flexibility index (Phi) is 5.44. The second-order valence-corrected chi connectivity index (χ2v) is 7.59. The molecule has 0 amide bonds. The number of hydrazone groups is 1. The lowest BCUT2D eigenvalue weighted by atomic mass is 10.1. The molecule has 1 aromatic carbocycles. The van der Waals surface area contributed by atoms with Crippen LogP contribution < -0.4 is 9.91 Å². The number of benzene rings is 1. The molecule has 0 saturated carbocycles. The Bertz CT molecular complexity index is 1090. The first-order valence-corrected chi connectivity index (χ1v) is 10.6. The maximum Gasteiger partial charge on any atom is 0.153 e. The van der Waals surface area contributed by atoms with Crippen LogP contribution in [-0.4, -0.2) is 28.9 Å². The number of nitrogens with zero attached hydrogens (tertiary/aromatic N) is 5. The number of rotatable bonds is 6. The Morgan fingerprint density at radius 1 is 1.03 bits per heavy atom. The molecule has 1 aliphatic heterocycles. The molecular weight excluding hydrogens is 370 g/mol. The smallest absolute Gasteiger partial charge is 0.153 e. The van der Waals surface area contributed by atoms with Crippen LogP contribution in [0.2, 0.25) is 0 Å². The molecule has 0 spiro atoms. The fraction of sp³-hybridized carbons (Fsp3) is 0.280. The summed E-state index contributed by atoms with van der Waals surface area (Å²) < 4.78 is 2.31. The van der Waals surface area contributed by atoms with E-state index in [1.165, 1.54) is 11.4 Å². The van der Waals surface area contributed by atoms with E-state index in [1.54, 1.807) is 6.20 Å². The monoisotopic (exact) mass is 399 g/mol. The first-order chi connectivity index (χ1) is 14.6. The van der Waals surface area contributed by atoms with Gasteiger partial charge in [0.2, 0.25) is 0 Å². The van der Waals surface area contributed by atoms with Crippen molar-refractivity contribution in [3.63, 3.8) is 0 Å². The van der Waals surface area contributed by atoms with Crippen molar-refractivity contribution in [2.24, 2.45) is 5.10 Å². The van der Waals surface area contributed by atoms with Crippen molar-refractivity contribution in [2.45, 2.75) is 34.1 Å². The molecule has 0 bridgehead atoms. The van der Waals surface area contributed by atoms with Crippen LogP contribution >= 0.6 is 0 Å². The van der Waals surface area contributed by atoms with Crippen LogP contribution in [0.5, 0.6) is 0 Å². The third kappa shape index (κ3) is 3.30. The van der Waals surface area contributed by atoms with E-state index in [0.717, 1.165) is 53.5 Å². The molecule has 0 atom stereocenters. The van der Waals surface area contributed by atoms with Crippen LogP contribution in [-0.2, 0) is 0 Å². The molecule has 1 aliphatic rings. The van der Waals surface area contributed by atoms with Gasteiger partial charge in [0.25, 0.3) is 0 Å². The summed E-state index contributed by atoms with van der Waals surface area (Å²) in [7, 11) is 0. The van der Waals surface area contributed by atoms with Gasteiger partial charge in [-0.3, -0.25) is 0 Å². The van der Waals surface area contributed by atoms with E-state index in [4.69, 9.17) is 0 Å². The van der Waals surface area contributed by atoms with Crippen LogP contribution in [0.3, 0.4) is 0 Å². The van der Waals surface area contributed by atoms with Crippen LogP contribution in [0.4, 0.5) is 11.5 Å². The van der Waals surface area contributed by atoms with Gasteiger partial charge in [-0.1, -0.05) is 25.6 Å². The van der Waals surface area contributed by atoms with Crippen LogP contribution in [0.1, 0.15) is 42.8 Å². The SMILES string of the molecule is C=C1c2c(c(C)n(-c3cccc(N(CC)CCC)c3)c2C)C=NN1c1ccccn1. The fourth-order valence-electron chi connectivity index (χ4n) is 4.31. The summed E-state index contributed by atoms with van der Waals surface area (Å²) in [5.74, 6) is 0.773. The molecule has 0 aliphatic carbocycles. The highest BCUT2D eigenvalue weighted by molar-refractivity contribution is 5.98. The third-order valence-electron chi connectivity index (χ3n) is 5.73. The standard InChI is InChI=1S/C25H29N5/c1-6-15-28(7-2)21-11-10-12-22(16-21)29-18(3)23-17-27-30(20(5)25(23)19(29)4)24-13-8-9-14-26-24/h8-14,16-17H,5-7,15H2,1-4H3. The van der Waals surface area contributed by atoms with E-state index in [2.05, 4.69) is 78.1 Å². The maximum absolute atomic E-state index is 4.64. The zero-order chi connectivity index (χ0) is 21.3. The zero-order valence-corrected chi connectivity index (χ0v) is 18.3. The molecule has 5 nitrogen and oxygen atoms in total. The van der Waals surface area contributed by atoms with E-state index < -0.39 is 0 Å². The van der Waals surface area contributed by atoms with Gasteiger partial charge in [0, 0.05) is 53.2 Å². The highest BCUT2D eigenvalue weighted by atomic mass is 15.5. The summed E-state index contributed by atoms with van der Waals surface area (Å²) >= 11 is 0. The summed E-state index contributed by atoms with van der Waals surface area (Å²) in [6, 6.07) is 14.6. The van der Waals surface area contributed by atoms with E-state index in [-0.39, 0.29) is 0 Å². The molecule has 5 heteroatoms. The number of hydrogen-bond donors (Lipinski definition) is 0. The predicted molar refractivity (Wildman–Crippen MR) is 127 cm³/mol. The van der Waals surface area contributed by atoms with Crippen molar-refractivity contribution in [3.8, 4) is 5.69 Å². The summed E-state index contributed by atoms with van der Waals surface area (Å²) in [5.41, 5.74) is 7.85. The minimum atomic E-state index is 0.773. The first kappa shape index (κ1) is 20.0. The molecule has 30 heavy (non-hydrogen) atoms. The number of aromatic nitrogens is 2. The summed E-state index contributed by atoms with van der Waals surface area (Å²) in [4.78, 5) is 6.86. The molecule has 0 N–H and O–H groups in total. The van der Waals surface area contributed by atoms with Crippen LogP contribution in [0, 0.1) is 13.8 Å². The van der Waals surface area contributed by atoms with Crippen molar-refractivity contribution >= 4 is 23.4 Å². The van der Waals surface area contributed by atoms with Crippen molar-refractivity contribution < 1.29 is 0 Å². The van der Waals surface area contributed by atoms with Crippen molar-refractivity contribution in [1.29, 1.82) is 0 Å². The fourth-order valence-corrected chi connectivity index (χ4v) is 4.31. The van der Waals surface area contributed by atoms with Crippen molar-refractivity contribution in [3.05, 3.63) is 77.8 Å². The Balaban J connectivity index is 1.78. The minimum Gasteiger partial charge on any atom is -0.372 e. The third-order valence-corrected chi connectivity index (χ3v) is 5.73. The zero-order valence-electron chi connectivity index (χ0n) is 18.3. The van der Waals surface area contributed by atoms with Crippen molar-refractivity contribution in [1.82, 2.24) is 9.55 Å². The highest BCUT2D eigenvalue weighted by Crippen LogP contribution is 2.36. The largest absolute Gasteiger partial charge is 0.372 e. The summed E-state index contributed by atoms with van der Waals surface area (Å²) in [6.45, 7) is 15.2. The van der Waals surface area contributed by atoms with E-state index in [9.17, 15) is 0 Å². The molecule has 0 unspecified atom stereocenters. The number of fused-ring (bicyclic) bond motifs is 1. The highest BCUT2D eigenvalue weighted by Gasteiger charge is 2.27. The molecule has 2 aromatic heterocycles. The summed E-state index contributed by atoms with van der Waals surface area (Å²) in [6.07, 6.45) is 4.84. The molecule has 154 valence electrons. The lowest BCUT2D eigenvalue weighted by molar-refractivity contribution is 0.791. The molecule has 4 rings (SSSR count). The molecule has 3 heterocycles. The van der Waals surface area contributed by atoms with Gasteiger partial charge in [-0.25, -0.2) is 9.99 Å². The van der Waals surface area contributed by atoms with Crippen molar-refractivity contribution in [2.75, 3.05) is 23.0 Å². The number of hydrogen-bond acceptors (Lipinski definition) is 4. The molecular formula is C25H29N5. The van der Waals surface area contributed by atoms with E-state index in [0.29, 0.717) is 0 Å². The lowest BCUT2D eigenvalue weighted by Gasteiger charge is -2.24. The Labute approximate surface area is 179 Å². The first-order valence-electron chi connectivity index (χ1n) is 10.6. The second-order valence-electron chi connectivity index (χ2n) is 7.59. The average molecular weight is 400 g/mol. The normalized spacial score (nSPS) is 12.9. The van der Waals surface area contributed by atoms with Gasteiger partial charge in [-0.2, -0.15) is 5.10 Å². The molecule has 0 saturated heterocycles. The quantitative estimate of drug-likeness (QED) is 0.545. The van der Waals surface area contributed by atoms with Crippen LogP contribution in [0.15, 0.2) is 60.3 Å². The molecule has 0 fully saturated rings. The van der Waals surface area contributed by atoms with Gasteiger partial charge in [-0.15, -0.1) is 0 Å². The van der Waals surface area contributed by atoms with Gasteiger partial charge >= 0.3 is 0 Å². The van der Waals surface area contributed by atoms with Crippen LogP contribution in [0.25, 0.3) is 11.4 Å². The van der Waals surface area contributed by atoms with Gasteiger partial charge in [0.05, 0.1) is 11.9 Å². The minimum absolute atomic E-state index is 0.773. The van der Waals surface area contributed by atoms with Gasteiger partial charge in [-0.05, 0) is 57.5 Å². The second kappa shape index (κ2) is 8.19. The van der Waals surface area contributed by atoms with Gasteiger partial charge in [0.15, 0.2) is 5.82 Å². The van der Waals surface area contributed by atoms with Gasteiger partial charge < -0.3 is 9.47 Å². The lowest BCUT2D eigenvalue weighted by Crippen LogP contribution is -2.23. The summed E-state index contributed by atoms with van der Waals surface area (Å²) in [5, 5.41) is 6.45. The Morgan fingerprint density at radius 2 is 1.87 bits per heavy atom. The predicted octanol–water partition coefficient (Wildman–Crippen LogP) is 5.55. The number of pyridine rings is 1. The van der Waals surface area contributed by atoms with Gasteiger partial charge in [0.1, 0.15) is 0 Å². The average Bonchev–Trinajstić information content (AvgIpc) is 3.03. The molecule has 3 aromatic rings. The Morgan fingerprint density at radius 3 is 2.57 bits per heavy atom. The topological polar surface area (TPSA) is 36.7 Å².